The number of benzene rings is 1. The molecule has 1 aromatic rings. The van der Waals surface area contributed by atoms with E-state index in [4.69, 9.17) is 5.73 Å². The van der Waals surface area contributed by atoms with Gasteiger partial charge in [0.05, 0.1) is 0 Å². The standard InChI is InChI=1S/C15H25N3O/c1-4-12(10-16)9-15(19)17-14-7-5-6-13(8-14)11-18(2)3/h5-8,12H,4,9-11,16H2,1-3H3,(H,17,19). The summed E-state index contributed by atoms with van der Waals surface area (Å²) in [5, 5.41) is 2.94. The van der Waals surface area contributed by atoms with Crippen LogP contribution in [0.25, 0.3) is 0 Å². The minimum Gasteiger partial charge on any atom is -0.330 e. The lowest BCUT2D eigenvalue weighted by Gasteiger charge is -2.13. The van der Waals surface area contributed by atoms with Crippen molar-refractivity contribution >= 4 is 11.6 Å². The Morgan fingerprint density at radius 3 is 2.74 bits per heavy atom. The number of rotatable bonds is 7. The third-order valence-electron chi connectivity index (χ3n) is 3.09. The maximum Gasteiger partial charge on any atom is 0.224 e. The summed E-state index contributed by atoms with van der Waals surface area (Å²) in [6.45, 7) is 3.48. The van der Waals surface area contributed by atoms with Crippen molar-refractivity contribution in [3.8, 4) is 0 Å². The first kappa shape index (κ1) is 15.7. The third kappa shape index (κ3) is 5.85. The number of nitrogens with two attached hydrogens (primary N) is 1. The van der Waals surface area contributed by atoms with Crippen LogP contribution < -0.4 is 11.1 Å². The van der Waals surface area contributed by atoms with Crippen molar-refractivity contribution < 1.29 is 4.79 Å². The molecule has 0 spiro atoms. The molecule has 0 aliphatic rings. The van der Waals surface area contributed by atoms with E-state index in [9.17, 15) is 4.79 Å². The molecule has 3 N–H and O–H groups in total. The molecule has 0 bridgehead atoms. The molecule has 1 unspecified atom stereocenters. The Morgan fingerprint density at radius 2 is 2.16 bits per heavy atom. The number of nitrogens with zero attached hydrogens (tertiary/aromatic N) is 1. The van der Waals surface area contributed by atoms with Gasteiger partial charge in [-0.15, -0.1) is 0 Å². The lowest BCUT2D eigenvalue weighted by atomic mass is 10.0. The molecule has 0 fully saturated rings. The van der Waals surface area contributed by atoms with Crippen LogP contribution in [0, 0.1) is 5.92 Å². The van der Waals surface area contributed by atoms with Crippen LogP contribution in [0.15, 0.2) is 24.3 Å². The highest BCUT2D eigenvalue weighted by Gasteiger charge is 2.10. The fraction of sp³-hybridized carbons (Fsp3) is 0.533. The number of carbonyl (C=O) groups is 1. The molecule has 0 heterocycles. The van der Waals surface area contributed by atoms with E-state index in [2.05, 4.69) is 23.2 Å². The van der Waals surface area contributed by atoms with Crippen LogP contribution >= 0.6 is 0 Å². The van der Waals surface area contributed by atoms with Gasteiger partial charge in [-0.25, -0.2) is 0 Å². The maximum atomic E-state index is 11.9. The Hall–Kier alpha value is -1.39. The zero-order chi connectivity index (χ0) is 14.3. The van der Waals surface area contributed by atoms with E-state index in [1.54, 1.807) is 0 Å². The minimum absolute atomic E-state index is 0.0410. The van der Waals surface area contributed by atoms with Crippen LogP contribution in [0.2, 0.25) is 0 Å². The highest BCUT2D eigenvalue weighted by molar-refractivity contribution is 5.90. The molecule has 1 aromatic carbocycles. The van der Waals surface area contributed by atoms with Crippen LogP contribution in [0.1, 0.15) is 25.3 Å². The molecular formula is C15H25N3O. The van der Waals surface area contributed by atoms with Gasteiger partial charge in [0, 0.05) is 18.7 Å². The number of nitrogens with one attached hydrogen (secondary N) is 1. The normalized spacial score (nSPS) is 12.5. The molecule has 1 rings (SSSR count). The zero-order valence-corrected chi connectivity index (χ0v) is 12.1. The SMILES string of the molecule is CCC(CN)CC(=O)Nc1cccc(CN(C)C)c1. The fourth-order valence-corrected chi connectivity index (χ4v) is 1.98. The Kier molecular flexibility index (Phi) is 6.53. The van der Waals surface area contributed by atoms with E-state index >= 15 is 0 Å². The van der Waals surface area contributed by atoms with Crippen LogP contribution in [0.5, 0.6) is 0 Å². The highest BCUT2D eigenvalue weighted by Crippen LogP contribution is 2.14. The number of carbonyl (C=O) groups excluding carboxylic acids is 1. The molecule has 19 heavy (non-hydrogen) atoms. The Labute approximate surface area is 116 Å². The van der Waals surface area contributed by atoms with Gasteiger partial charge in [-0.1, -0.05) is 25.5 Å². The third-order valence-corrected chi connectivity index (χ3v) is 3.09. The number of amides is 1. The molecule has 1 atom stereocenters. The topological polar surface area (TPSA) is 58.4 Å². The van der Waals surface area contributed by atoms with E-state index in [0.29, 0.717) is 13.0 Å². The minimum atomic E-state index is 0.0410. The molecule has 0 saturated heterocycles. The van der Waals surface area contributed by atoms with Gasteiger partial charge < -0.3 is 16.0 Å². The van der Waals surface area contributed by atoms with Crippen molar-refractivity contribution in [1.29, 1.82) is 0 Å². The van der Waals surface area contributed by atoms with Crippen LogP contribution in [-0.4, -0.2) is 31.4 Å². The smallest absolute Gasteiger partial charge is 0.224 e. The predicted molar refractivity (Wildman–Crippen MR) is 79.9 cm³/mol. The van der Waals surface area contributed by atoms with Gasteiger partial charge in [0.25, 0.3) is 0 Å². The van der Waals surface area contributed by atoms with Gasteiger partial charge in [-0.2, -0.15) is 0 Å². The molecule has 0 saturated carbocycles. The lowest BCUT2D eigenvalue weighted by molar-refractivity contribution is -0.117. The van der Waals surface area contributed by atoms with E-state index in [0.717, 1.165) is 18.7 Å². The first-order chi connectivity index (χ1) is 9.05. The summed E-state index contributed by atoms with van der Waals surface area (Å²) in [6, 6.07) is 7.96. The first-order valence-corrected chi connectivity index (χ1v) is 6.78. The predicted octanol–water partition coefficient (Wildman–Crippen LogP) is 2.06. The Morgan fingerprint density at radius 1 is 1.42 bits per heavy atom. The molecule has 4 nitrogen and oxygen atoms in total. The average molecular weight is 263 g/mol. The van der Waals surface area contributed by atoms with Gasteiger partial charge in [0.15, 0.2) is 0 Å². The zero-order valence-electron chi connectivity index (χ0n) is 12.1. The van der Waals surface area contributed by atoms with Crippen LogP contribution in [-0.2, 0) is 11.3 Å². The second kappa shape index (κ2) is 7.92. The van der Waals surface area contributed by atoms with E-state index in [1.165, 1.54) is 5.56 Å². The summed E-state index contributed by atoms with van der Waals surface area (Å²) in [6.07, 6.45) is 1.43. The highest BCUT2D eigenvalue weighted by atomic mass is 16.1. The van der Waals surface area contributed by atoms with Gasteiger partial charge >= 0.3 is 0 Å². The van der Waals surface area contributed by atoms with Gasteiger partial charge in [-0.3, -0.25) is 4.79 Å². The molecule has 1 amide bonds. The van der Waals surface area contributed by atoms with Crippen molar-refractivity contribution in [3.05, 3.63) is 29.8 Å². The maximum absolute atomic E-state index is 11.9. The Balaban J connectivity index is 2.59. The summed E-state index contributed by atoms with van der Waals surface area (Å²) in [4.78, 5) is 14.0. The summed E-state index contributed by atoms with van der Waals surface area (Å²) in [5.74, 6) is 0.310. The number of hydrogen-bond donors (Lipinski definition) is 2. The molecule has 0 aliphatic heterocycles. The summed E-state index contributed by atoms with van der Waals surface area (Å²) < 4.78 is 0. The van der Waals surface area contributed by atoms with E-state index in [1.807, 2.05) is 32.3 Å². The summed E-state index contributed by atoms with van der Waals surface area (Å²) in [7, 11) is 4.05. The molecular weight excluding hydrogens is 238 g/mol. The second-order valence-corrected chi connectivity index (χ2v) is 5.20. The van der Waals surface area contributed by atoms with Crippen molar-refractivity contribution in [2.24, 2.45) is 11.7 Å². The monoisotopic (exact) mass is 263 g/mol. The molecule has 0 aromatic heterocycles. The second-order valence-electron chi connectivity index (χ2n) is 5.20. The number of anilines is 1. The van der Waals surface area contributed by atoms with Crippen molar-refractivity contribution in [2.75, 3.05) is 26.0 Å². The van der Waals surface area contributed by atoms with Gasteiger partial charge in [0.1, 0.15) is 0 Å². The van der Waals surface area contributed by atoms with Crippen LogP contribution in [0.3, 0.4) is 0 Å². The van der Waals surface area contributed by atoms with Gasteiger partial charge in [-0.05, 0) is 44.3 Å². The number of hydrogen-bond acceptors (Lipinski definition) is 3. The van der Waals surface area contributed by atoms with E-state index < -0.39 is 0 Å². The van der Waals surface area contributed by atoms with E-state index in [-0.39, 0.29) is 11.8 Å². The van der Waals surface area contributed by atoms with Crippen molar-refractivity contribution in [1.82, 2.24) is 4.90 Å². The molecule has 106 valence electrons. The fourth-order valence-electron chi connectivity index (χ4n) is 1.98. The molecule has 4 heteroatoms. The van der Waals surface area contributed by atoms with Crippen molar-refractivity contribution in [3.63, 3.8) is 0 Å². The summed E-state index contributed by atoms with van der Waals surface area (Å²) >= 11 is 0. The lowest BCUT2D eigenvalue weighted by Crippen LogP contribution is -2.21. The Bertz CT molecular complexity index is 400. The summed E-state index contributed by atoms with van der Waals surface area (Å²) in [5.41, 5.74) is 7.66. The quantitative estimate of drug-likeness (QED) is 0.791. The molecule has 0 radical (unpaired) electrons. The largest absolute Gasteiger partial charge is 0.330 e. The molecule has 0 aliphatic carbocycles. The van der Waals surface area contributed by atoms with Gasteiger partial charge in [0.2, 0.25) is 5.91 Å². The first-order valence-electron chi connectivity index (χ1n) is 6.78. The average Bonchev–Trinajstić information content (AvgIpc) is 2.35. The van der Waals surface area contributed by atoms with Crippen molar-refractivity contribution in [2.45, 2.75) is 26.3 Å². The van der Waals surface area contributed by atoms with Crippen LogP contribution in [0.4, 0.5) is 5.69 Å².